The Labute approximate surface area is 226 Å². The van der Waals surface area contributed by atoms with Crippen molar-refractivity contribution in [3.63, 3.8) is 0 Å². The SMILES string of the molecule is N#CC(Cl)(C(=O)C(COc1ccc2cc(C(F)(F)F)ccc2c1)Oc1ccc(F)cc1)C(=O)N1CCCCC1. The highest BCUT2D eigenvalue weighted by molar-refractivity contribution is 6.49. The number of hydrogen-bond donors (Lipinski definition) is 0. The number of halogens is 5. The topological polar surface area (TPSA) is 79.6 Å². The first-order chi connectivity index (χ1) is 18.5. The number of ether oxygens (including phenoxy) is 2. The number of fused-ring (bicyclic) bond motifs is 1. The first kappa shape index (κ1) is 28.2. The van der Waals surface area contributed by atoms with Gasteiger partial charge in [-0.05, 0) is 78.6 Å². The van der Waals surface area contributed by atoms with Crippen molar-refractivity contribution in [2.45, 2.75) is 36.4 Å². The van der Waals surface area contributed by atoms with Crippen LogP contribution in [-0.2, 0) is 15.8 Å². The fourth-order valence-electron chi connectivity index (χ4n) is 4.25. The zero-order valence-electron chi connectivity index (χ0n) is 20.5. The first-order valence-corrected chi connectivity index (χ1v) is 12.5. The quantitative estimate of drug-likeness (QED) is 0.194. The molecule has 39 heavy (non-hydrogen) atoms. The number of hydrogen-bond acceptors (Lipinski definition) is 5. The summed E-state index contributed by atoms with van der Waals surface area (Å²) in [7, 11) is 0. The van der Waals surface area contributed by atoms with E-state index in [1.165, 1.54) is 41.3 Å². The van der Waals surface area contributed by atoms with Crippen LogP contribution in [0.4, 0.5) is 17.6 Å². The van der Waals surface area contributed by atoms with Gasteiger partial charge >= 0.3 is 6.18 Å². The molecule has 1 fully saturated rings. The Hall–Kier alpha value is -3.84. The van der Waals surface area contributed by atoms with Gasteiger partial charge in [0, 0.05) is 13.1 Å². The average Bonchev–Trinajstić information content (AvgIpc) is 2.94. The molecule has 1 amide bonds. The zero-order valence-corrected chi connectivity index (χ0v) is 21.3. The van der Waals surface area contributed by atoms with E-state index in [4.69, 9.17) is 21.1 Å². The second kappa shape index (κ2) is 11.5. The lowest BCUT2D eigenvalue weighted by molar-refractivity contribution is -0.141. The molecule has 1 heterocycles. The number of carbonyl (C=O) groups excluding carboxylic acids is 2. The number of Topliss-reactive ketones (excluding diaryl/α,β-unsaturated/α-hetero) is 1. The summed E-state index contributed by atoms with van der Waals surface area (Å²) >= 11 is 6.37. The number of benzene rings is 3. The van der Waals surface area contributed by atoms with Crippen LogP contribution in [0, 0.1) is 17.1 Å². The molecule has 3 aromatic rings. The van der Waals surface area contributed by atoms with Gasteiger partial charge in [-0.15, -0.1) is 0 Å². The maximum absolute atomic E-state index is 13.5. The molecule has 0 spiro atoms. The Morgan fingerprint density at radius 1 is 0.949 bits per heavy atom. The minimum atomic E-state index is -4.49. The summed E-state index contributed by atoms with van der Waals surface area (Å²) in [5, 5.41) is 10.6. The van der Waals surface area contributed by atoms with E-state index >= 15 is 0 Å². The minimum absolute atomic E-state index is 0.0684. The van der Waals surface area contributed by atoms with Crippen LogP contribution < -0.4 is 9.47 Å². The Bertz CT molecular complexity index is 1400. The summed E-state index contributed by atoms with van der Waals surface area (Å²) in [4.78, 5) is 25.5. The van der Waals surface area contributed by atoms with Crippen LogP contribution >= 0.6 is 11.6 Å². The summed E-state index contributed by atoms with van der Waals surface area (Å²) in [6.07, 6.45) is -3.71. The van der Waals surface area contributed by atoms with Gasteiger partial charge in [0.1, 0.15) is 30.0 Å². The molecular weight excluding hydrogens is 540 g/mol. The van der Waals surface area contributed by atoms with Crippen molar-refractivity contribution in [2.24, 2.45) is 0 Å². The number of rotatable bonds is 8. The second-order valence-corrected chi connectivity index (χ2v) is 9.65. The highest BCUT2D eigenvalue weighted by Gasteiger charge is 2.51. The van der Waals surface area contributed by atoms with Gasteiger partial charge in [-0.2, -0.15) is 18.4 Å². The number of nitriles is 1. The predicted octanol–water partition coefficient (Wildman–Crippen LogP) is 5.91. The smallest absolute Gasteiger partial charge is 0.416 e. The maximum Gasteiger partial charge on any atom is 0.416 e. The van der Waals surface area contributed by atoms with E-state index in [0.717, 1.165) is 30.7 Å². The highest BCUT2D eigenvalue weighted by Crippen LogP contribution is 2.33. The summed E-state index contributed by atoms with van der Waals surface area (Å²) < 4.78 is 63.9. The fraction of sp³-hybridized carbons (Fsp3) is 0.321. The fourth-order valence-corrected chi connectivity index (χ4v) is 4.49. The van der Waals surface area contributed by atoms with E-state index in [1.54, 1.807) is 6.07 Å². The molecule has 204 valence electrons. The monoisotopic (exact) mass is 562 g/mol. The number of ketones is 1. The lowest BCUT2D eigenvalue weighted by Crippen LogP contribution is -2.56. The molecule has 2 atom stereocenters. The van der Waals surface area contributed by atoms with Crippen molar-refractivity contribution >= 4 is 34.1 Å². The molecular formula is C28H23ClF4N2O4. The molecule has 11 heteroatoms. The van der Waals surface area contributed by atoms with Crippen molar-refractivity contribution in [2.75, 3.05) is 19.7 Å². The van der Waals surface area contributed by atoms with Crippen molar-refractivity contribution in [1.82, 2.24) is 4.90 Å². The van der Waals surface area contributed by atoms with Crippen LogP contribution in [0.1, 0.15) is 24.8 Å². The normalized spacial score (nSPS) is 16.2. The van der Waals surface area contributed by atoms with Gasteiger partial charge in [0.15, 0.2) is 6.10 Å². The maximum atomic E-state index is 13.5. The summed E-state index contributed by atoms with van der Waals surface area (Å²) in [5.74, 6) is -2.19. The van der Waals surface area contributed by atoms with Crippen LogP contribution in [0.3, 0.4) is 0 Å². The third-order valence-corrected chi connectivity index (χ3v) is 6.79. The summed E-state index contributed by atoms with van der Waals surface area (Å²) in [6.45, 7) is 0.219. The summed E-state index contributed by atoms with van der Waals surface area (Å²) in [6, 6.07) is 13.9. The van der Waals surface area contributed by atoms with Gasteiger partial charge in [0.25, 0.3) is 10.8 Å². The van der Waals surface area contributed by atoms with Crippen LogP contribution in [0.2, 0.25) is 0 Å². The van der Waals surface area contributed by atoms with Crippen molar-refractivity contribution in [3.8, 4) is 17.6 Å². The standard InChI is InChI=1S/C28H23ClF4N2O4/c29-27(17-34,26(37)35-12-2-1-3-13-35)25(36)24(39-22-10-7-21(30)8-11-22)16-38-23-9-5-18-14-20(28(31,32)33)6-4-19(18)15-23/h4-11,14-15,24H,1-3,12-13,16H2. The third-order valence-electron chi connectivity index (χ3n) is 6.36. The van der Waals surface area contributed by atoms with Gasteiger partial charge in [0.05, 0.1) is 5.56 Å². The largest absolute Gasteiger partial charge is 0.489 e. The highest BCUT2D eigenvalue weighted by atomic mass is 35.5. The van der Waals surface area contributed by atoms with Crippen molar-refractivity contribution in [1.29, 1.82) is 5.26 Å². The molecule has 1 saturated heterocycles. The molecule has 1 aliphatic heterocycles. The number of likely N-dealkylation sites (tertiary alicyclic amines) is 1. The minimum Gasteiger partial charge on any atom is -0.489 e. The molecule has 4 rings (SSSR count). The Kier molecular flexibility index (Phi) is 8.31. The zero-order chi connectivity index (χ0) is 28.2. The number of nitrogens with zero attached hydrogens (tertiary/aromatic N) is 2. The molecule has 2 unspecified atom stereocenters. The Morgan fingerprint density at radius 2 is 1.56 bits per heavy atom. The molecule has 0 saturated carbocycles. The van der Waals surface area contributed by atoms with E-state index in [1.807, 2.05) is 0 Å². The van der Waals surface area contributed by atoms with Crippen LogP contribution in [0.5, 0.6) is 11.5 Å². The van der Waals surface area contributed by atoms with Gasteiger partial charge < -0.3 is 14.4 Å². The van der Waals surface area contributed by atoms with E-state index in [9.17, 15) is 32.4 Å². The molecule has 3 aromatic carbocycles. The number of alkyl halides is 4. The molecule has 6 nitrogen and oxygen atoms in total. The number of amides is 1. The van der Waals surface area contributed by atoms with Gasteiger partial charge in [0.2, 0.25) is 5.78 Å². The van der Waals surface area contributed by atoms with E-state index in [-0.39, 0.29) is 11.5 Å². The molecule has 1 aliphatic rings. The number of carbonyl (C=O) groups is 2. The van der Waals surface area contributed by atoms with Crippen LogP contribution in [0.15, 0.2) is 60.7 Å². The van der Waals surface area contributed by atoms with Crippen LogP contribution in [0.25, 0.3) is 10.8 Å². The lowest BCUT2D eigenvalue weighted by Gasteiger charge is -2.32. The van der Waals surface area contributed by atoms with Crippen LogP contribution in [-0.4, -0.2) is 47.3 Å². The average molecular weight is 563 g/mol. The summed E-state index contributed by atoms with van der Waals surface area (Å²) in [5.41, 5.74) is -0.796. The third kappa shape index (κ3) is 6.42. The molecule has 0 N–H and O–H groups in total. The van der Waals surface area contributed by atoms with E-state index in [2.05, 4.69) is 0 Å². The van der Waals surface area contributed by atoms with Crippen molar-refractivity contribution in [3.05, 3.63) is 72.0 Å². The number of piperidine rings is 1. The molecule has 0 aliphatic carbocycles. The Balaban J connectivity index is 1.58. The lowest BCUT2D eigenvalue weighted by atomic mass is 9.97. The van der Waals surface area contributed by atoms with E-state index in [0.29, 0.717) is 36.7 Å². The second-order valence-electron chi connectivity index (χ2n) is 9.08. The van der Waals surface area contributed by atoms with E-state index < -0.39 is 46.8 Å². The van der Waals surface area contributed by atoms with Gasteiger partial charge in [-0.25, -0.2) is 4.39 Å². The molecule has 0 bridgehead atoms. The van der Waals surface area contributed by atoms with Gasteiger partial charge in [-0.1, -0.05) is 23.7 Å². The molecule has 0 aromatic heterocycles. The first-order valence-electron chi connectivity index (χ1n) is 12.1. The van der Waals surface area contributed by atoms with Gasteiger partial charge in [-0.3, -0.25) is 9.59 Å². The Morgan fingerprint density at radius 3 is 2.21 bits per heavy atom. The van der Waals surface area contributed by atoms with Crippen molar-refractivity contribution < 1.29 is 36.6 Å². The molecule has 0 radical (unpaired) electrons. The predicted molar refractivity (Wildman–Crippen MR) is 135 cm³/mol.